The van der Waals surface area contributed by atoms with Gasteiger partial charge in [0.2, 0.25) is 5.95 Å². The quantitative estimate of drug-likeness (QED) is 0.636. The number of amides is 2. The number of ether oxygens (including phenoxy) is 1. The van der Waals surface area contributed by atoms with E-state index in [1.807, 2.05) is 13.8 Å². The van der Waals surface area contributed by atoms with Crippen molar-refractivity contribution in [2.45, 2.75) is 68.4 Å². The van der Waals surface area contributed by atoms with Crippen LogP contribution in [0.4, 0.5) is 19.5 Å². The lowest BCUT2D eigenvalue weighted by Crippen LogP contribution is -2.45. The van der Waals surface area contributed by atoms with Gasteiger partial charge in [0.05, 0.1) is 17.8 Å². The molecule has 1 atom stereocenters. The normalized spacial score (nSPS) is 18.9. The lowest BCUT2D eigenvalue weighted by molar-refractivity contribution is 0.0903. The van der Waals surface area contributed by atoms with Crippen molar-refractivity contribution in [3.8, 4) is 0 Å². The minimum Gasteiger partial charge on any atom is -0.381 e. The molecule has 4 rings (SSSR count). The van der Waals surface area contributed by atoms with Crippen molar-refractivity contribution in [1.29, 1.82) is 0 Å². The first kappa shape index (κ1) is 24.5. The highest BCUT2D eigenvalue weighted by Crippen LogP contribution is 2.38. The van der Waals surface area contributed by atoms with E-state index >= 15 is 0 Å². The number of hydrogen-bond acceptors (Lipinski definition) is 6. The van der Waals surface area contributed by atoms with Crippen LogP contribution >= 0.6 is 0 Å². The number of fused-ring (bicyclic) bond motifs is 1. The zero-order valence-electron chi connectivity index (χ0n) is 19.4. The predicted octanol–water partition coefficient (Wildman–Crippen LogP) is 3.75. The summed E-state index contributed by atoms with van der Waals surface area (Å²) in [5.41, 5.74) is 1.82. The summed E-state index contributed by atoms with van der Waals surface area (Å²) in [6.07, 6.45) is 3.58. The number of urea groups is 1. The maximum atomic E-state index is 13.3. The number of hydrogen-bond donors (Lipinski definition) is 2. The molecule has 1 aromatic heterocycles. The third-order valence-electron chi connectivity index (χ3n) is 6.22. The molecule has 2 aliphatic rings. The van der Waals surface area contributed by atoms with E-state index in [0.29, 0.717) is 25.0 Å². The Balaban J connectivity index is 1.38. The Morgan fingerprint density at radius 1 is 1.26 bits per heavy atom. The first-order valence-corrected chi connectivity index (χ1v) is 12.4. The molecule has 1 saturated heterocycles. The third-order valence-corrected chi connectivity index (χ3v) is 7.57. The average Bonchev–Trinajstić information content (AvgIpc) is 3.07. The molecule has 2 amide bonds. The van der Waals surface area contributed by atoms with Gasteiger partial charge in [-0.2, -0.15) is 8.78 Å². The molecule has 0 spiro atoms. The van der Waals surface area contributed by atoms with Gasteiger partial charge in [-0.15, -0.1) is 0 Å². The van der Waals surface area contributed by atoms with E-state index < -0.39 is 21.6 Å². The summed E-state index contributed by atoms with van der Waals surface area (Å²) >= 11 is 0. The Morgan fingerprint density at radius 3 is 2.59 bits per heavy atom. The molecule has 1 unspecified atom stereocenters. The van der Waals surface area contributed by atoms with E-state index in [-0.39, 0.29) is 23.5 Å². The van der Waals surface area contributed by atoms with Gasteiger partial charge in [-0.3, -0.25) is 0 Å². The number of alkyl halides is 2. The molecule has 0 radical (unpaired) electrons. The lowest BCUT2D eigenvalue weighted by Gasteiger charge is -2.32. The van der Waals surface area contributed by atoms with Crippen LogP contribution in [0.15, 0.2) is 35.4 Å². The summed E-state index contributed by atoms with van der Waals surface area (Å²) in [5, 5.41) is 2.93. The maximum Gasteiger partial charge on any atom is 0.322 e. The van der Waals surface area contributed by atoms with Crippen LogP contribution in [0.3, 0.4) is 0 Å². The molecule has 2 aliphatic heterocycles. The smallest absolute Gasteiger partial charge is 0.322 e. The summed E-state index contributed by atoms with van der Waals surface area (Å²) in [6.45, 7) is 6.51. The van der Waals surface area contributed by atoms with Gasteiger partial charge in [0, 0.05) is 49.4 Å². The number of benzene rings is 1. The summed E-state index contributed by atoms with van der Waals surface area (Å²) in [5.74, 6) is 0.554. The molecule has 0 aliphatic carbocycles. The Morgan fingerprint density at radius 2 is 1.94 bits per heavy atom. The highest BCUT2D eigenvalue weighted by Gasteiger charge is 2.41. The minimum absolute atomic E-state index is 0.0439. The molecule has 34 heavy (non-hydrogen) atoms. The van der Waals surface area contributed by atoms with E-state index in [2.05, 4.69) is 20.6 Å². The molecule has 1 aromatic carbocycles. The summed E-state index contributed by atoms with van der Waals surface area (Å²) < 4.78 is 43.7. The topological polar surface area (TPSA) is 96.5 Å². The second-order valence-electron chi connectivity index (χ2n) is 9.11. The fourth-order valence-corrected chi connectivity index (χ4v) is 4.97. The first-order valence-electron chi connectivity index (χ1n) is 11.2. The van der Waals surface area contributed by atoms with Gasteiger partial charge >= 0.3 is 11.3 Å². The zero-order chi connectivity index (χ0) is 24.5. The number of anilines is 1. The number of halogens is 2. The molecule has 8 nitrogen and oxygen atoms in total. The van der Waals surface area contributed by atoms with Gasteiger partial charge in [0.1, 0.15) is 10.8 Å². The summed E-state index contributed by atoms with van der Waals surface area (Å²) in [6, 6.07) is 5.97. The van der Waals surface area contributed by atoms with Crippen LogP contribution < -0.4 is 10.6 Å². The second kappa shape index (κ2) is 9.53. The molecular formula is C23H29F2N5O3S. The van der Waals surface area contributed by atoms with Crippen LogP contribution in [-0.4, -0.2) is 49.6 Å². The van der Waals surface area contributed by atoms with Gasteiger partial charge in [0.15, 0.2) is 0 Å². The van der Waals surface area contributed by atoms with E-state index in [1.165, 1.54) is 12.1 Å². The molecule has 2 N–H and O–H groups in total. The van der Waals surface area contributed by atoms with Gasteiger partial charge in [0.25, 0.3) is 0 Å². The Kier molecular flexibility index (Phi) is 6.86. The summed E-state index contributed by atoms with van der Waals surface area (Å²) in [7, 11) is -2.41. The lowest BCUT2D eigenvalue weighted by atomic mass is 9.97. The van der Waals surface area contributed by atoms with Crippen molar-refractivity contribution in [2.75, 3.05) is 18.5 Å². The Bertz CT molecular complexity index is 1070. The van der Waals surface area contributed by atoms with Crippen molar-refractivity contribution in [3.63, 3.8) is 0 Å². The molecule has 1 fully saturated rings. The fraction of sp³-hybridized carbons (Fsp3) is 0.522. The zero-order valence-corrected chi connectivity index (χ0v) is 20.3. The van der Waals surface area contributed by atoms with Crippen LogP contribution in [0, 0.1) is 0 Å². The second-order valence-corrected chi connectivity index (χ2v) is 10.8. The van der Waals surface area contributed by atoms with E-state index in [9.17, 15) is 17.8 Å². The number of rotatable bonds is 6. The SMILES string of the molecule is CC1(C)c2cnc(NC3CCOCC3)nc2CN1C(=O)NCc1ccc(S(=O)C(C)(F)F)cc1. The predicted molar refractivity (Wildman–Crippen MR) is 124 cm³/mol. The van der Waals surface area contributed by atoms with Gasteiger partial charge in [-0.25, -0.2) is 19.0 Å². The van der Waals surface area contributed by atoms with Crippen LogP contribution in [0.5, 0.6) is 0 Å². The molecular weight excluding hydrogens is 464 g/mol. The summed E-state index contributed by atoms with van der Waals surface area (Å²) in [4.78, 5) is 23.9. The maximum absolute atomic E-state index is 13.3. The molecule has 3 heterocycles. The molecule has 184 valence electrons. The van der Waals surface area contributed by atoms with Crippen molar-refractivity contribution in [1.82, 2.24) is 20.2 Å². The molecule has 2 aromatic rings. The van der Waals surface area contributed by atoms with Crippen molar-refractivity contribution >= 4 is 22.8 Å². The van der Waals surface area contributed by atoms with Gasteiger partial charge < -0.3 is 20.3 Å². The Labute approximate surface area is 200 Å². The van der Waals surface area contributed by atoms with E-state index in [1.54, 1.807) is 23.2 Å². The van der Waals surface area contributed by atoms with Crippen molar-refractivity contribution in [2.24, 2.45) is 0 Å². The number of nitrogens with zero attached hydrogens (tertiary/aromatic N) is 3. The van der Waals surface area contributed by atoms with Crippen LogP contribution in [0.1, 0.15) is 50.4 Å². The van der Waals surface area contributed by atoms with Gasteiger partial charge in [-0.05, 0) is 44.4 Å². The third kappa shape index (κ3) is 5.20. The largest absolute Gasteiger partial charge is 0.381 e. The van der Waals surface area contributed by atoms with Crippen molar-refractivity contribution < 1.29 is 22.5 Å². The molecule has 0 bridgehead atoms. The highest BCUT2D eigenvalue weighted by atomic mass is 32.2. The van der Waals surface area contributed by atoms with Crippen LogP contribution in [0.25, 0.3) is 0 Å². The highest BCUT2D eigenvalue weighted by molar-refractivity contribution is 7.86. The number of nitrogens with one attached hydrogen (secondary N) is 2. The monoisotopic (exact) mass is 493 g/mol. The number of aromatic nitrogens is 2. The minimum atomic E-state index is -3.31. The first-order chi connectivity index (χ1) is 16.1. The fourth-order valence-electron chi connectivity index (χ4n) is 4.17. The molecule has 0 saturated carbocycles. The van der Waals surface area contributed by atoms with Gasteiger partial charge in [-0.1, -0.05) is 12.1 Å². The van der Waals surface area contributed by atoms with E-state index in [4.69, 9.17) is 4.74 Å². The van der Waals surface area contributed by atoms with Crippen LogP contribution in [0.2, 0.25) is 0 Å². The number of carbonyl (C=O) groups excluding carboxylic acids is 1. The standard InChI is InChI=1S/C23H29F2N5O3S/c1-22(2)18-13-26-20(28-16-8-10-33-11-9-16)29-19(18)14-30(22)21(31)27-12-15-4-6-17(7-5-15)34(32)23(3,24)25/h4-7,13,16H,8-12,14H2,1-3H3,(H,27,31)(H,26,28,29). The molecule has 11 heteroatoms. The van der Waals surface area contributed by atoms with E-state index in [0.717, 1.165) is 37.3 Å². The Hall–Kier alpha value is -2.66. The van der Waals surface area contributed by atoms with Crippen LogP contribution in [-0.2, 0) is 34.2 Å². The average molecular weight is 494 g/mol. The number of carbonyl (C=O) groups is 1. The van der Waals surface area contributed by atoms with Crippen molar-refractivity contribution in [3.05, 3.63) is 47.3 Å².